The second-order valence-corrected chi connectivity index (χ2v) is 8.91. The molecule has 1 atom stereocenters. The third kappa shape index (κ3) is 4.82. The predicted molar refractivity (Wildman–Crippen MR) is 97.4 cm³/mol. The van der Waals surface area contributed by atoms with Gasteiger partial charge >= 0.3 is 0 Å². The van der Waals surface area contributed by atoms with E-state index in [9.17, 15) is 8.42 Å². The number of hydrogen-bond acceptors (Lipinski definition) is 6. The Morgan fingerprint density at radius 1 is 1.20 bits per heavy atom. The summed E-state index contributed by atoms with van der Waals surface area (Å²) in [5.74, 6) is 1.66. The molecule has 0 aliphatic carbocycles. The van der Waals surface area contributed by atoms with Crippen molar-refractivity contribution < 1.29 is 13.2 Å². The molecule has 1 aromatic rings. The van der Waals surface area contributed by atoms with E-state index < -0.39 is 10.0 Å². The van der Waals surface area contributed by atoms with Gasteiger partial charge in [0.05, 0.1) is 12.3 Å². The highest BCUT2D eigenvalue weighted by Crippen LogP contribution is 2.23. The lowest BCUT2D eigenvalue weighted by molar-refractivity contribution is 0.206. The van der Waals surface area contributed by atoms with Gasteiger partial charge < -0.3 is 9.64 Å². The Kier molecular flexibility index (Phi) is 6.11. The molecule has 3 rings (SSSR count). The van der Waals surface area contributed by atoms with E-state index >= 15 is 0 Å². The second kappa shape index (κ2) is 8.31. The van der Waals surface area contributed by atoms with Gasteiger partial charge in [-0.15, -0.1) is 0 Å². The highest BCUT2D eigenvalue weighted by Gasteiger charge is 2.32. The van der Waals surface area contributed by atoms with Crippen LogP contribution in [0.4, 0.5) is 5.82 Å². The molecule has 140 valence electrons. The van der Waals surface area contributed by atoms with Crippen LogP contribution in [0.1, 0.15) is 45.4 Å². The Balaban J connectivity index is 1.58. The highest BCUT2D eigenvalue weighted by molar-refractivity contribution is 7.89. The van der Waals surface area contributed by atoms with Gasteiger partial charge in [0.2, 0.25) is 15.9 Å². The van der Waals surface area contributed by atoms with Crippen LogP contribution in [-0.4, -0.2) is 60.7 Å². The molecule has 2 aliphatic heterocycles. The van der Waals surface area contributed by atoms with Gasteiger partial charge in [-0.3, -0.25) is 0 Å². The summed E-state index contributed by atoms with van der Waals surface area (Å²) < 4.78 is 32.1. The zero-order valence-electron chi connectivity index (χ0n) is 14.9. The summed E-state index contributed by atoms with van der Waals surface area (Å²) >= 11 is 0. The SMILES string of the molecule is CCCCS(=O)(=O)N1CCC(Oc2cc(N3CCCCC3)ncn2)C1. The van der Waals surface area contributed by atoms with E-state index in [2.05, 4.69) is 14.9 Å². The molecule has 0 amide bonds. The van der Waals surface area contributed by atoms with Gasteiger partial charge in [-0.1, -0.05) is 13.3 Å². The minimum absolute atomic E-state index is 0.138. The number of hydrogen-bond donors (Lipinski definition) is 0. The molecule has 25 heavy (non-hydrogen) atoms. The molecule has 8 heteroatoms. The van der Waals surface area contributed by atoms with Crippen LogP contribution in [0.25, 0.3) is 0 Å². The van der Waals surface area contributed by atoms with Crippen molar-refractivity contribution in [1.29, 1.82) is 0 Å². The molecular weight excluding hydrogens is 340 g/mol. The average molecular weight is 369 g/mol. The van der Waals surface area contributed by atoms with Crippen molar-refractivity contribution in [2.75, 3.05) is 36.8 Å². The first-order valence-electron chi connectivity index (χ1n) is 9.30. The van der Waals surface area contributed by atoms with Crippen molar-refractivity contribution in [2.45, 2.75) is 51.6 Å². The lowest BCUT2D eigenvalue weighted by Gasteiger charge is -2.27. The number of nitrogens with zero attached hydrogens (tertiary/aromatic N) is 4. The van der Waals surface area contributed by atoms with Crippen molar-refractivity contribution in [1.82, 2.24) is 14.3 Å². The summed E-state index contributed by atoms with van der Waals surface area (Å²) in [4.78, 5) is 10.8. The van der Waals surface area contributed by atoms with Gasteiger partial charge in [0.1, 0.15) is 18.2 Å². The van der Waals surface area contributed by atoms with Crippen LogP contribution in [0, 0.1) is 0 Å². The largest absolute Gasteiger partial charge is 0.473 e. The fourth-order valence-electron chi connectivity index (χ4n) is 3.36. The van der Waals surface area contributed by atoms with Crippen molar-refractivity contribution in [3.63, 3.8) is 0 Å². The van der Waals surface area contributed by atoms with Gasteiger partial charge in [-0.2, -0.15) is 4.31 Å². The molecule has 0 spiro atoms. The normalized spacial score (nSPS) is 22.3. The molecular formula is C17H28N4O3S. The second-order valence-electron chi connectivity index (χ2n) is 6.82. The first-order chi connectivity index (χ1) is 12.1. The molecule has 0 radical (unpaired) electrons. The molecule has 2 saturated heterocycles. The van der Waals surface area contributed by atoms with Crippen LogP contribution in [0.5, 0.6) is 5.88 Å². The smallest absolute Gasteiger partial charge is 0.218 e. The van der Waals surface area contributed by atoms with E-state index in [4.69, 9.17) is 4.74 Å². The minimum atomic E-state index is -3.16. The molecule has 0 saturated carbocycles. The Morgan fingerprint density at radius 3 is 2.76 bits per heavy atom. The molecule has 2 fully saturated rings. The molecule has 0 aromatic carbocycles. The summed E-state index contributed by atoms with van der Waals surface area (Å²) in [6.07, 6.45) is 7.33. The standard InChI is InChI=1S/C17H28N4O3S/c1-2-3-11-25(22,23)21-10-7-15(13-21)24-17-12-16(18-14-19-17)20-8-5-4-6-9-20/h12,14-15H,2-11,13H2,1H3. The van der Waals surface area contributed by atoms with E-state index in [-0.39, 0.29) is 11.9 Å². The molecule has 0 bridgehead atoms. The highest BCUT2D eigenvalue weighted by atomic mass is 32.2. The van der Waals surface area contributed by atoms with Crippen LogP contribution in [0.2, 0.25) is 0 Å². The number of rotatable bonds is 7. The molecule has 3 heterocycles. The van der Waals surface area contributed by atoms with Gasteiger partial charge in [0, 0.05) is 25.7 Å². The van der Waals surface area contributed by atoms with Gasteiger partial charge in [0.15, 0.2) is 0 Å². The fourth-order valence-corrected chi connectivity index (χ4v) is 5.05. The third-order valence-corrected chi connectivity index (χ3v) is 6.78. The Hall–Kier alpha value is -1.41. The quantitative estimate of drug-likeness (QED) is 0.733. The lowest BCUT2D eigenvalue weighted by Crippen LogP contribution is -2.33. The first kappa shape index (κ1) is 18.4. The van der Waals surface area contributed by atoms with Gasteiger partial charge in [-0.05, 0) is 32.1 Å². The summed E-state index contributed by atoms with van der Waals surface area (Å²) in [5, 5.41) is 0. The third-order valence-electron chi connectivity index (χ3n) is 4.85. The zero-order valence-corrected chi connectivity index (χ0v) is 15.7. The summed E-state index contributed by atoms with van der Waals surface area (Å²) in [5.41, 5.74) is 0. The monoisotopic (exact) mass is 368 g/mol. The predicted octanol–water partition coefficient (Wildman–Crippen LogP) is 2.05. The Labute approximate surface area is 150 Å². The van der Waals surface area contributed by atoms with E-state index in [0.29, 0.717) is 31.8 Å². The van der Waals surface area contributed by atoms with Crippen LogP contribution in [-0.2, 0) is 10.0 Å². The van der Waals surface area contributed by atoms with E-state index in [1.807, 2.05) is 13.0 Å². The van der Waals surface area contributed by atoms with E-state index in [0.717, 1.165) is 25.3 Å². The number of ether oxygens (including phenoxy) is 1. The molecule has 2 aliphatic rings. The van der Waals surface area contributed by atoms with Crippen molar-refractivity contribution in [3.05, 3.63) is 12.4 Å². The Morgan fingerprint density at radius 2 is 2.00 bits per heavy atom. The van der Waals surface area contributed by atoms with Crippen LogP contribution in [0.3, 0.4) is 0 Å². The number of anilines is 1. The van der Waals surface area contributed by atoms with E-state index in [1.165, 1.54) is 25.6 Å². The summed E-state index contributed by atoms with van der Waals surface area (Å²) in [6, 6.07) is 1.87. The number of unbranched alkanes of at least 4 members (excludes halogenated alkanes) is 1. The number of aromatic nitrogens is 2. The fraction of sp³-hybridized carbons (Fsp3) is 0.765. The molecule has 1 unspecified atom stereocenters. The van der Waals surface area contributed by atoms with Crippen LogP contribution < -0.4 is 9.64 Å². The van der Waals surface area contributed by atoms with Crippen LogP contribution in [0.15, 0.2) is 12.4 Å². The maximum atomic E-state index is 12.3. The summed E-state index contributed by atoms with van der Waals surface area (Å²) in [7, 11) is -3.16. The topological polar surface area (TPSA) is 75.6 Å². The summed E-state index contributed by atoms with van der Waals surface area (Å²) in [6.45, 7) is 4.98. The van der Waals surface area contributed by atoms with Crippen molar-refractivity contribution in [3.8, 4) is 5.88 Å². The number of piperidine rings is 1. The molecule has 7 nitrogen and oxygen atoms in total. The van der Waals surface area contributed by atoms with E-state index in [1.54, 1.807) is 4.31 Å². The first-order valence-corrected chi connectivity index (χ1v) is 10.9. The lowest BCUT2D eigenvalue weighted by atomic mass is 10.1. The van der Waals surface area contributed by atoms with Crippen LogP contribution >= 0.6 is 0 Å². The zero-order chi connectivity index (χ0) is 17.7. The van der Waals surface area contributed by atoms with Gasteiger partial charge in [-0.25, -0.2) is 18.4 Å². The average Bonchev–Trinajstić information content (AvgIpc) is 3.10. The molecule has 0 N–H and O–H groups in total. The van der Waals surface area contributed by atoms with Crippen molar-refractivity contribution >= 4 is 15.8 Å². The maximum Gasteiger partial charge on any atom is 0.218 e. The molecule has 1 aromatic heterocycles. The minimum Gasteiger partial charge on any atom is -0.473 e. The maximum absolute atomic E-state index is 12.3. The van der Waals surface area contributed by atoms with Gasteiger partial charge in [0.25, 0.3) is 0 Å². The van der Waals surface area contributed by atoms with Crippen molar-refractivity contribution in [2.24, 2.45) is 0 Å². The number of sulfonamides is 1. The Bertz CT molecular complexity index is 662.